The van der Waals surface area contributed by atoms with Crippen molar-refractivity contribution in [1.82, 2.24) is 5.32 Å². The van der Waals surface area contributed by atoms with E-state index in [0.29, 0.717) is 5.57 Å². The molecule has 0 radical (unpaired) electrons. The second-order valence-electron chi connectivity index (χ2n) is 5.05. The molecule has 4 rings (SSSR count). The number of carbonyl (C=O) groups excluding carboxylic acids is 2. The normalized spacial score (nSPS) is 20.2. The van der Waals surface area contributed by atoms with E-state index in [9.17, 15) is 9.59 Å². The standard InChI is InChI=1S/C17H11NO2/c19-15-9-14(17(20)18-15)12-8-7-11-4-1-3-10-5-2-6-13(12)16(10)11/h1-9,12H,(H,18,19,20). The van der Waals surface area contributed by atoms with Gasteiger partial charge in [0.25, 0.3) is 11.8 Å². The van der Waals surface area contributed by atoms with Crippen LogP contribution in [0.1, 0.15) is 17.0 Å². The minimum Gasteiger partial charge on any atom is -0.289 e. The van der Waals surface area contributed by atoms with Gasteiger partial charge in [-0.1, -0.05) is 48.6 Å². The first-order valence-corrected chi connectivity index (χ1v) is 6.51. The van der Waals surface area contributed by atoms with Crippen molar-refractivity contribution in [2.75, 3.05) is 0 Å². The third kappa shape index (κ3) is 1.46. The lowest BCUT2D eigenvalue weighted by Crippen LogP contribution is -2.23. The number of nitrogens with one attached hydrogen (secondary N) is 1. The van der Waals surface area contributed by atoms with E-state index in [1.54, 1.807) is 0 Å². The Morgan fingerprint density at radius 3 is 2.55 bits per heavy atom. The van der Waals surface area contributed by atoms with E-state index in [-0.39, 0.29) is 17.7 Å². The highest BCUT2D eigenvalue weighted by Gasteiger charge is 2.30. The molecule has 0 saturated heterocycles. The second kappa shape index (κ2) is 3.90. The van der Waals surface area contributed by atoms with Gasteiger partial charge in [0.1, 0.15) is 0 Å². The van der Waals surface area contributed by atoms with E-state index in [0.717, 1.165) is 21.9 Å². The summed E-state index contributed by atoms with van der Waals surface area (Å²) in [6.07, 6.45) is 5.42. The number of hydrogen-bond donors (Lipinski definition) is 1. The maximum atomic E-state index is 11.9. The van der Waals surface area contributed by atoms with E-state index in [2.05, 4.69) is 23.5 Å². The van der Waals surface area contributed by atoms with Crippen LogP contribution < -0.4 is 5.32 Å². The van der Waals surface area contributed by atoms with Crippen LogP contribution in [0.3, 0.4) is 0 Å². The quantitative estimate of drug-likeness (QED) is 0.802. The molecule has 1 heterocycles. The summed E-state index contributed by atoms with van der Waals surface area (Å²) in [5.74, 6) is -0.773. The zero-order chi connectivity index (χ0) is 13.7. The first-order valence-electron chi connectivity index (χ1n) is 6.51. The molecule has 3 nitrogen and oxygen atoms in total. The molecule has 2 aromatic carbocycles. The van der Waals surface area contributed by atoms with Crippen LogP contribution in [0, 0.1) is 0 Å². The van der Waals surface area contributed by atoms with Gasteiger partial charge in [-0.2, -0.15) is 0 Å². The van der Waals surface area contributed by atoms with Crippen molar-refractivity contribution < 1.29 is 9.59 Å². The Bertz CT molecular complexity index is 825. The van der Waals surface area contributed by atoms with Crippen LogP contribution in [-0.2, 0) is 9.59 Å². The lowest BCUT2D eigenvalue weighted by atomic mass is 9.82. The van der Waals surface area contributed by atoms with Crippen molar-refractivity contribution in [1.29, 1.82) is 0 Å². The summed E-state index contributed by atoms with van der Waals surface area (Å²) < 4.78 is 0. The highest BCUT2D eigenvalue weighted by molar-refractivity contribution is 6.17. The maximum Gasteiger partial charge on any atom is 0.255 e. The highest BCUT2D eigenvalue weighted by Crippen LogP contribution is 2.38. The molecule has 2 amide bonds. The largest absolute Gasteiger partial charge is 0.289 e. The Balaban J connectivity index is 1.97. The number of rotatable bonds is 1. The summed E-state index contributed by atoms with van der Waals surface area (Å²) >= 11 is 0. The Hall–Kier alpha value is -2.68. The van der Waals surface area contributed by atoms with E-state index in [1.165, 1.54) is 6.08 Å². The molecule has 0 spiro atoms. The topological polar surface area (TPSA) is 46.2 Å². The van der Waals surface area contributed by atoms with E-state index in [1.807, 2.05) is 30.4 Å². The van der Waals surface area contributed by atoms with Gasteiger partial charge in [0.2, 0.25) is 0 Å². The molecule has 2 aliphatic rings. The van der Waals surface area contributed by atoms with E-state index >= 15 is 0 Å². The monoisotopic (exact) mass is 261 g/mol. The van der Waals surface area contributed by atoms with Gasteiger partial charge in [0.15, 0.2) is 0 Å². The van der Waals surface area contributed by atoms with Gasteiger partial charge in [-0.15, -0.1) is 0 Å². The molecule has 1 N–H and O–H groups in total. The van der Waals surface area contributed by atoms with Crippen molar-refractivity contribution in [2.24, 2.45) is 0 Å². The predicted octanol–water partition coefficient (Wildman–Crippen LogP) is 2.53. The third-order valence-corrected chi connectivity index (χ3v) is 3.89. The van der Waals surface area contributed by atoms with Gasteiger partial charge in [-0.3, -0.25) is 14.9 Å². The number of benzene rings is 2. The summed E-state index contributed by atoms with van der Waals surface area (Å²) in [5.41, 5.74) is 2.75. The molecule has 20 heavy (non-hydrogen) atoms. The Kier molecular flexibility index (Phi) is 2.18. The number of imide groups is 1. The number of carbonyl (C=O) groups is 2. The average molecular weight is 261 g/mol. The van der Waals surface area contributed by atoms with Crippen LogP contribution in [0.15, 0.2) is 54.1 Å². The Morgan fingerprint density at radius 2 is 1.80 bits per heavy atom. The fourth-order valence-corrected chi connectivity index (χ4v) is 3.03. The van der Waals surface area contributed by atoms with Crippen LogP contribution in [-0.4, -0.2) is 11.8 Å². The summed E-state index contributed by atoms with van der Waals surface area (Å²) in [7, 11) is 0. The summed E-state index contributed by atoms with van der Waals surface area (Å²) in [6.45, 7) is 0. The molecule has 0 fully saturated rings. The molecule has 96 valence electrons. The van der Waals surface area contributed by atoms with Crippen LogP contribution in [0.5, 0.6) is 0 Å². The van der Waals surface area contributed by atoms with Crippen LogP contribution in [0.4, 0.5) is 0 Å². The Morgan fingerprint density at radius 1 is 1.00 bits per heavy atom. The predicted molar refractivity (Wildman–Crippen MR) is 77.0 cm³/mol. The molecule has 0 aromatic heterocycles. The molecule has 0 saturated carbocycles. The van der Waals surface area contributed by atoms with Crippen molar-refractivity contribution in [3.8, 4) is 0 Å². The van der Waals surface area contributed by atoms with Crippen LogP contribution >= 0.6 is 0 Å². The molecule has 0 bridgehead atoms. The molecule has 1 atom stereocenters. The van der Waals surface area contributed by atoms with Gasteiger partial charge >= 0.3 is 0 Å². The fraction of sp³-hybridized carbons (Fsp3) is 0.0588. The third-order valence-electron chi connectivity index (χ3n) is 3.89. The average Bonchev–Trinajstić information content (AvgIpc) is 2.79. The van der Waals surface area contributed by atoms with Gasteiger partial charge < -0.3 is 0 Å². The highest BCUT2D eigenvalue weighted by atomic mass is 16.2. The Labute approximate surface area is 115 Å². The molecule has 1 aliphatic heterocycles. The minimum atomic E-state index is -0.329. The molecule has 1 aliphatic carbocycles. The van der Waals surface area contributed by atoms with Crippen LogP contribution in [0.25, 0.3) is 16.8 Å². The summed E-state index contributed by atoms with van der Waals surface area (Å²) in [5, 5.41) is 4.63. The lowest BCUT2D eigenvalue weighted by molar-refractivity contribution is -0.123. The number of hydrogen-bond acceptors (Lipinski definition) is 2. The smallest absolute Gasteiger partial charge is 0.255 e. The first-order chi connectivity index (χ1) is 9.74. The van der Waals surface area contributed by atoms with Crippen molar-refractivity contribution >= 4 is 28.7 Å². The van der Waals surface area contributed by atoms with Crippen LogP contribution in [0.2, 0.25) is 0 Å². The SMILES string of the molecule is O=C1C=C(C2C=Cc3cccc4cccc2c34)C(=O)N1. The molecular formula is C17H11NO2. The van der Waals surface area contributed by atoms with Crippen molar-refractivity contribution in [3.63, 3.8) is 0 Å². The van der Waals surface area contributed by atoms with Crippen molar-refractivity contribution in [2.45, 2.75) is 5.92 Å². The lowest BCUT2D eigenvalue weighted by Gasteiger charge is -2.21. The minimum absolute atomic E-state index is 0.153. The van der Waals surface area contributed by atoms with E-state index < -0.39 is 0 Å². The molecule has 1 unspecified atom stereocenters. The zero-order valence-corrected chi connectivity index (χ0v) is 10.6. The van der Waals surface area contributed by atoms with Gasteiger partial charge in [0.05, 0.1) is 0 Å². The van der Waals surface area contributed by atoms with Gasteiger partial charge in [-0.05, 0) is 21.9 Å². The number of amides is 2. The van der Waals surface area contributed by atoms with Crippen molar-refractivity contribution in [3.05, 3.63) is 65.3 Å². The second-order valence-corrected chi connectivity index (χ2v) is 5.05. The van der Waals surface area contributed by atoms with E-state index in [4.69, 9.17) is 0 Å². The molecule has 2 aromatic rings. The van der Waals surface area contributed by atoms with Gasteiger partial charge in [-0.25, -0.2) is 0 Å². The molecule has 3 heteroatoms. The summed E-state index contributed by atoms with van der Waals surface area (Å²) in [6, 6.07) is 12.2. The fourth-order valence-electron chi connectivity index (χ4n) is 3.03. The maximum absolute atomic E-state index is 11.9. The molecular weight excluding hydrogens is 250 g/mol. The first kappa shape index (κ1) is 11.2. The number of allylic oxidation sites excluding steroid dienone is 1. The summed E-state index contributed by atoms with van der Waals surface area (Å²) in [4.78, 5) is 23.2. The van der Waals surface area contributed by atoms with Gasteiger partial charge in [0, 0.05) is 17.6 Å². The zero-order valence-electron chi connectivity index (χ0n) is 10.6.